The van der Waals surface area contributed by atoms with Crippen LogP contribution >= 0.6 is 34.4 Å². The molecule has 2 heterocycles. The first-order chi connectivity index (χ1) is 20.6. The Bertz CT molecular complexity index is 1460. The van der Waals surface area contributed by atoms with Crippen molar-refractivity contribution in [2.75, 3.05) is 22.1 Å². The molecule has 8 nitrogen and oxygen atoms in total. The Morgan fingerprint density at radius 2 is 1.52 bits per heavy atom. The maximum atomic E-state index is 12.9. The molecular formula is C31H36N6O2S3. The summed E-state index contributed by atoms with van der Waals surface area (Å²) < 4.78 is 0. The number of thioether (sulfide) groups is 1. The molecule has 1 aliphatic carbocycles. The highest BCUT2D eigenvalue weighted by molar-refractivity contribution is 7.99. The lowest BCUT2D eigenvalue weighted by Crippen LogP contribution is -2.28. The normalized spacial score (nSPS) is 15.1. The van der Waals surface area contributed by atoms with E-state index in [0.717, 1.165) is 72.9 Å². The summed E-state index contributed by atoms with van der Waals surface area (Å²) in [6.07, 6.45) is 6.68. The molecule has 4 aromatic rings. The monoisotopic (exact) mass is 620 g/mol. The van der Waals surface area contributed by atoms with E-state index in [1.54, 1.807) is 0 Å². The fraction of sp³-hybridized carbons (Fsp3) is 0.419. The lowest BCUT2D eigenvalue weighted by atomic mass is 9.83. The number of rotatable bonds is 14. The Balaban J connectivity index is 0.998. The van der Waals surface area contributed by atoms with E-state index in [0.29, 0.717) is 10.3 Å². The van der Waals surface area contributed by atoms with Gasteiger partial charge in [-0.1, -0.05) is 90.6 Å². The van der Waals surface area contributed by atoms with Crippen LogP contribution < -0.4 is 10.6 Å². The number of benzene rings is 2. The molecule has 0 aliphatic heterocycles. The highest BCUT2D eigenvalue weighted by Crippen LogP contribution is 2.27. The molecule has 2 aromatic heterocycles. The van der Waals surface area contributed by atoms with Crippen molar-refractivity contribution in [1.82, 2.24) is 20.4 Å². The summed E-state index contributed by atoms with van der Waals surface area (Å²) in [4.78, 5) is 25.7. The molecule has 220 valence electrons. The van der Waals surface area contributed by atoms with Crippen LogP contribution in [0, 0.1) is 11.8 Å². The van der Waals surface area contributed by atoms with Gasteiger partial charge in [-0.25, -0.2) is 0 Å². The number of aromatic nitrogens is 4. The van der Waals surface area contributed by atoms with Gasteiger partial charge in [0, 0.05) is 24.7 Å². The molecule has 0 spiro atoms. The summed E-state index contributed by atoms with van der Waals surface area (Å²) in [5.41, 5.74) is 3.79. The zero-order chi connectivity index (χ0) is 29.1. The second kappa shape index (κ2) is 15.4. The van der Waals surface area contributed by atoms with E-state index in [9.17, 15) is 9.59 Å². The second-order valence-electron chi connectivity index (χ2n) is 10.5. The number of hydrogen-bond donors (Lipinski definition) is 2. The molecule has 2 N–H and O–H groups in total. The summed E-state index contributed by atoms with van der Waals surface area (Å²) in [6, 6.07) is 18.5. The largest absolute Gasteiger partial charge is 0.300 e. The standard InChI is InChI=1S/C31H36N6O2S3/c1-2-8-24(19-21-9-4-3-5-10-21)28(38)32-30-36-34-26(41-30)15-17-40-18-16-27-35-37-31(42-27)33-29(39)25-14-13-22-11-6-7-12-23(22)20-25/h3-7,9-12,24-25H,2,8,13-20H2,1H3,(H,32,36,38)(H,33,37,39). The van der Waals surface area contributed by atoms with Crippen molar-refractivity contribution in [3.63, 3.8) is 0 Å². The first kappa shape index (κ1) is 30.3. The Labute approximate surface area is 259 Å². The van der Waals surface area contributed by atoms with Crippen LogP contribution in [0.1, 0.15) is 52.9 Å². The molecule has 42 heavy (non-hydrogen) atoms. The zero-order valence-electron chi connectivity index (χ0n) is 23.8. The first-order valence-electron chi connectivity index (χ1n) is 14.5. The molecule has 5 rings (SSSR count). The van der Waals surface area contributed by atoms with Crippen molar-refractivity contribution >= 4 is 56.5 Å². The minimum absolute atomic E-state index is 0.00877. The summed E-state index contributed by atoms with van der Waals surface area (Å²) in [5, 5.41) is 25.9. The van der Waals surface area contributed by atoms with Gasteiger partial charge in [-0.15, -0.1) is 20.4 Å². The molecule has 2 amide bonds. The summed E-state index contributed by atoms with van der Waals surface area (Å²) >= 11 is 4.72. The van der Waals surface area contributed by atoms with Gasteiger partial charge in [0.1, 0.15) is 10.0 Å². The van der Waals surface area contributed by atoms with Gasteiger partial charge in [0.15, 0.2) is 0 Å². The summed E-state index contributed by atoms with van der Waals surface area (Å²) in [6.45, 7) is 2.10. The van der Waals surface area contributed by atoms with E-state index in [1.807, 2.05) is 36.0 Å². The SMILES string of the molecule is CCCC(Cc1ccccc1)C(=O)Nc1nnc(CCSCCc2nnc(NC(=O)C3CCc4ccccc4C3)s2)s1. The maximum absolute atomic E-state index is 12.9. The highest BCUT2D eigenvalue weighted by atomic mass is 32.2. The van der Waals surface area contributed by atoms with Gasteiger partial charge in [-0.3, -0.25) is 9.59 Å². The van der Waals surface area contributed by atoms with Gasteiger partial charge in [0.05, 0.1) is 0 Å². The Hall–Kier alpha value is -3.15. The summed E-state index contributed by atoms with van der Waals surface area (Å²) in [7, 11) is 0. The number of fused-ring (bicyclic) bond motifs is 1. The van der Waals surface area contributed by atoms with E-state index < -0.39 is 0 Å². The number of nitrogens with one attached hydrogen (secondary N) is 2. The van der Waals surface area contributed by atoms with E-state index in [4.69, 9.17) is 0 Å². The highest BCUT2D eigenvalue weighted by Gasteiger charge is 2.25. The topological polar surface area (TPSA) is 110 Å². The van der Waals surface area contributed by atoms with Crippen LogP contribution in [0.5, 0.6) is 0 Å². The van der Waals surface area contributed by atoms with Crippen LogP contribution in [0.4, 0.5) is 10.3 Å². The number of carbonyl (C=O) groups excluding carboxylic acids is 2. The molecule has 11 heteroatoms. The minimum Gasteiger partial charge on any atom is -0.300 e. The third-order valence-electron chi connectivity index (χ3n) is 7.36. The predicted octanol–water partition coefficient (Wildman–Crippen LogP) is 6.25. The number of carbonyl (C=O) groups is 2. The zero-order valence-corrected chi connectivity index (χ0v) is 26.2. The Morgan fingerprint density at radius 1 is 0.881 bits per heavy atom. The molecule has 0 radical (unpaired) electrons. The maximum Gasteiger partial charge on any atom is 0.229 e. The van der Waals surface area contributed by atoms with E-state index in [1.165, 1.54) is 39.4 Å². The molecule has 1 aliphatic rings. The fourth-order valence-electron chi connectivity index (χ4n) is 5.14. The molecular weight excluding hydrogens is 585 g/mol. The summed E-state index contributed by atoms with van der Waals surface area (Å²) in [5.74, 6) is 1.74. The van der Waals surface area contributed by atoms with Crippen LogP contribution in [-0.2, 0) is 41.7 Å². The van der Waals surface area contributed by atoms with Gasteiger partial charge in [0.25, 0.3) is 0 Å². The number of aryl methyl sites for hydroxylation is 3. The number of nitrogens with zero attached hydrogens (tertiary/aromatic N) is 4. The van der Waals surface area contributed by atoms with Crippen molar-refractivity contribution in [2.45, 2.75) is 58.3 Å². The van der Waals surface area contributed by atoms with E-state index in [2.05, 4.69) is 68.3 Å². The van der Waals surface area contributed by atoms with E-state index >= 15 is 0 Å². The third kappa shape index (κ3) is 8.68. The van der Waals surface area contributed by atoms with Crippen molar-refractivity contribution in [1.29, 1.82) is 0 Å². The quantitative estimate of drug-likeness (QED) is 0.160. The number of hydrogen-bond acceptors (Lipinski definition) is 9. The molecule has 0 saturated carbocycles. The van der Waals surface area contributed by atoms with Gasteiger partial charge >= 0.3 is 0 Å². The number of anilines is 2. The van der Waals surface area contributed by atoms with Crippen LogP contribution in [0.15, 0.2) is 54.6 Å². The van der Waals surface area contributed by atoms with Crippen LogP contribution in [-0.4, -0.2) is 43.7 Å². The van der Waals surface area contributed by atoms with Crippen LogP contribution in [0.2, 0.25) is 0 Å². The fourth-order valence-corrected chi connectivity index (χ4v) is 7.76. The molecule has 0 fully saturated rings. The smallest absolute Gasteiger partial charge is 0.229 e. The lowest BCUT2D eigenvalue weighted by molar-refractivity contribution is -0.120. The van der Waals surface area contributed by atoms with Crippen molar-refractivity contribution in [2.24, 2.45) is 11.8 Å². The first-order valence-corrected chi connectivity index (χ1v) is 17.3. The lowest BCUT2D eigenvalue weighted by Gasteiger charge is -2.23. The molecule has 2 unspecified atom stereocenters. The van der Waals surface area contributed by atoms with Gasteiger partial charge < -0.3 is 10.6 Å². The Kier molecular flexibility index (Phi) is 11.1. The van der Waals surface area contributed by atoms with Gasteiger partial charge in [-0.2, -0.15) is 11.8 Å². The van der Waals surface area contributed by atoms with Gasteiger partial charge in [-0.05, 0) is 60.3 Å². The Morgan fingerprint density at radius 3 is 2.21 bits per heavy atom. The van der Waals surface area contributed by atoms with Crippen LogP contribution in [0.25, 0.3) is 0 Å². The van der Waals surface area contributed by atoms with E-state index in [-0.39, 0.29) is 23.7 Å². The molecule has 2 atom stereocenters. The second-order valence-corrected chi connectivity index (χ2v) is 13.8. The average Bonchev–Trinajstić information content (AvgIpc) is 3.66. The molecule has 0 saturated heterocycles. The van der Waals surface area contributed by atoms with Crippen LogP contribution in [0.3, 0.4) is 0 Å². The van der Waals surface area contributed by atoms with Gasteiger partial charge in [0.2, 0.25) is 22.1 Å². The van der Waals surface area contributed by atoms with Crippen molar-refractivity contribution < 1.29 is 9.59 Å². The average molecular weight is 621 g/mol. The third-order valence-corrected chi connectivity index (χ3v) is 10.1. The molecule has 2 aromatic carbocycles. The van der Waals surface area contributed by atoms with Crippen molar-refractivity contribution in [3.8, 4) is 0 Å². The van der Waals surface area contributed by atoms with Crippen molar-refractivity contribution in [3.05, 3.63) is 81.3 Å². The minimum atomic E-state index is -0.0840. The predicted molar refractivity (Wildman–Crippen MR) is 172 cm³/mol. The number of amides is 2. The molecule has 0 bridgehead atoms.